The second-order valence-corrected chi connectivity index (χ2v) is 5.58. The van der Waals surface area contributed by atoms with E-state index in [4.69, 9.17) is 5.11 Å². The van der Waals surface area contributed by atoms with E-state index >= 15 is 0 Å². The Bertz CT molecular complexity index is 619. The number of aromatic carboxylic acids is 1. The first-order chi connectivity index (χ1) is 12.6. The highest BCUT2D eigenvalue weighted by Crippen LogP contribution is 2.06. The van der Waals surface area contributed by atoms with Crippen LogP contribution in [0, 0.1) is 6.92 Å². The van der Waals surface area contributed by atoms with Gasteiger partial charge in [0.1, 0.15) is 6.29 Å². The first-order valence-electron chi connectivity index (χ1n) is 9.03. The van der Waals surface area contributed by atoms with Gasteiger partial charge in [0, 0.05) is 13.0 Å². The molecule has 0 fully saturated rings. The maximum Gasteiger partial charge on any atom is 0.335 e. The average Bonchev–Trinajstić information content (AvgIpc) is 2.66. The van der Waals surface area contributed by atoms with Crippen LogP contribution in [0.5, 0.6) is 0 Å². The summed E-state index contributed by atoms with van der Waals surface area (Å²) in [6, 6.07) is 15.3. The fourth-order valence-electron chi connectivity index (χ4n) is 2.11. The van der Waals surface area contributed by atoms with Crippen molar-refractivity contribution in [3.8, 4) is 0 Å². The van der Waals surface area contributed by atoms with E-state index in [2.05, 4.69) is 36.5 Å². The zero-order chi connectivity index (χ0) is 19.8. The lowest BCUT2D eigenvalue weighted by Crippen LogP contribution is -2.05. The summed E-state index contributed by atoms with van der Waals surface area (Å²) in [5.41, 5.74) is 4.02. The van der Waals surface area contributed by atoms with Gasteiger partial charge in [-0.05, 0) is 50.1 Å². The minimum atomic E-state index is -0.883. The summed E-state index contributed by atoms with van der Waals surface area (Å²) in [6.45, 7) is 6.84. The van der Waals surface area contributed by atoms with Crippen LogP contribution in [-0.4, -0.2) is 24.4 Å². The highest BCUT2D eigenvalue weighted by molar-refractivity contribution is 5.87. The molecule has 0 atom stereocenters. The van der Waals surface area contributed by atoms with Crippen molar-refractivity contribution in [2.75, 3.05) is 7.05 Å². The Kier molecular flexibility index (Phi) is 13.4. The largest absolute Gasteiger partial charge is 0.478 e. The number of carbonyl (C=O) groups is 2. The Morgan fingerprint density at radius 2 is 1.54 bits per heavy atom. The van der Waals surface area contributed by atoms with E-state index in [9.17, 15) is 9.59 Å². The fourth-order valence-corrected chi connectivity index (χ4v) is 2.11. The van der Waals surface area contributed by atoms with E-state index in [1.807, 2.05) is 20.9 Å². The molecular weight excluding hydrogens is 326 g/mol. The van der Waals surface area contributed by atoms with Crippen LogP contribution in [0.2, 0.25) is 0 Å². The highest BCUT2D eigenvalue weighted by Gasteiger charge is 2.00. The molecular formula is C22H31NO3. The number of nitrogens with one attached hydrogen (secondary N) is 1. The standard InChI is InChI=1S/C11H14O.C9H11NO2.C2H6/c1-10-5-7-11(8-6-10)4-2-3-9-12;1-10-6-7-2-4-8(5-3-7)9(11)12;1-2/h5-9H,2-4H2,1H3;2-5,10H,6H2,1H3,(H,11,12);1-2H3. The topological polar surface area (TPSA) is 66.4 Å². The zero-order valence-electron chi connectivity index (χ0n) is 16.3. The lowest BCUT2D eigenvalue weighted by atomic mass is 10.1. The molecule has 0 amide bonds. The summed E-state index contributed by atoms with van der Waals surface area (Å²) in [6.07, 6.45) is 3.63. The smallest absolute Gasteiger partial charge is 0.335 e. The summed E-state index contributed by atoms with van der Waals surface area (Å²) in [7, 11) is 1.85. The predicted octanol–water partition coefficient (Wildman–Crippen LogP) is 4.65. The van der Waals surface area contributed by atoms with Gasteiger partial charge in [0.05, 0.1) is 5.56 Å². The summed E-state index contributed by atoms with van der Waals surface area (Å²) in [5, 5.41) is 11.6. The third kappa shape index (κ3) is 10.4. The van der Waals surface area contributed by atoms with Crippen LogP contribution in [-0.2, 0) is 17.8 Å². The minimum absolute atomic E-state index is 0.329. The number of aldehydes is 1. The van der Waals surface area contributed by atoms with Gasteiger partial charge in [-0.15, -0.1) is 0 Å². The lowest BCUT2D eigenvalue weighted by Gasteiger charge is -1.99. The number of carboxylic acids is 1. The molecule has 142 valence electrons. The van der Waals surface area contributed by atoms with Gasteiger partial charge < -0.3 is 15.2 Å². The van der Waals surface area contributed by atoms with Gasteiger partial charge in [-0.25, -0.2) is 4.79 Å². The molecule has 0 heterocycles. The van der Waals surface area contributed by atoms with Crippen LogP contribution in [0.25, 0.3) is 0 Å². The van der Waals surface area contributed by atoms with E-state index in [0.29, 0.717) is 12.0 Å². The van der Waals surface area contributed by atoms with Gasteiger partial charge in [-0.2, -0.15) is 0 Å². The minimum Gasteiger partial charge on any atom is -0.478 e. The van der Waals surface area contributed by atoms with Gasteiger partial charge in [-0.1, -0.05) is 55.8 Å². The van der Waals surface area contributed by atoms with Gasteiger partial charge in [0.15, 0.2) is 0 Å². The molecule has 0 bridgehead atoms. The Morgan fingerprint density at radius 3 is 2.00 bits per heavy atom. The summed E-state index contributed by atoms with van der Waals surface area (Å²) in [5.74, 6) is -0.883. The number of benzene rings is 2. The molecule has 0 unspecified atom stereocenters. The van der Waals surface area contributed by atoms with Crippen molar-refractivity contribution in [2.24, 2.45) is 0 Å². The second kappa shape index (κ2) is 14.8. The Labute approximate surface area is 157 Å². The van der Waals surface area contributed by atoms with Crippen molar-refractivity contribution in [1.82, 2.24) is 5.32 Å². The number of hydrogen-bond acceptors (Lipinski definition) is 3. The van der Waals surface area contributed by atoms with Gasteiger partial charge >= 0.3 is 5.97 Å². The van der Waals surface area contributed by atoms with Crippen molar-refractivity contribution in [1.29, 1.82) is 0 Å². The maximum atomic E-state index is 10.5. The molecule has 2 aromatic carbocycles. The Morgan fingerprint density at radius 1 is 1.00 bits per heavy atom. The first kappa shape index (κ1) is 23.5. The Balaban J connectivity index is 0.000000439. The molecule has 0 aliphatic heterocycles. The van der Waals surface area contributed by atoms with E-state index < -0.39 is 5.97 Å². The molecule has 0 aliphatic rings. The first-order valence-corrected chi connectivity index (χ1v) is 9.03. The molecule has 0 aromatic heterocycles. The third-order valence-corrected chi connectivity index (χ3v) is 3.49. The molecule has 0 aliphatic carbocycles. The van der Waals surface area contributed by atoms with E-state index in [0.717, 1.165) is 31.2 Å². The normalized spacial score (nSPS) is 9.23. The summed E-state index contributed by atoms with van der Waals surface area (Å²) >= 11 is 0. The SMILES string of the molecule is CC.CNCc1ccc(C(=O)O)cc1.Cc1ccc(CCCC=O)cc1. The van der Waals surface area contributed by atoms with Crippen molar-refractivity contribution in [3.63, 3.8) is 0 Å². The summed E-state index contributed by atoms with van der Waals surface area (Å²) < 4.78 is 0. The quantitative estimate of drug-likeness (QED) is 0.559. The number of rotatable bonds is 7. The van der Waals surface area contributed by atoms with Crippen LogP contribution < -0.4 is 5.32 Å². The van der Waals surface area contributed by atoms with Crippen LogP contribution in [0.1, 0.15) is 53.7 Å². The fraction of sp³-hybridized carbons (Fsp3) is 0.364. The molecule has 0 radical (unpaired) electrons. The number of hydrogen-bond donors (Lipinski definition) is 2. The van der Waals surface area contributed by atoms with Crippen molar-refractivity contribution >= 4 is 12.3 Å². The molecule has 2 rings (SSSR count). The van der Waals surface area contributed by atoms with Crippen LogP contribution >= 0.6 is 0 Å². The molecule has 2 N–H and O–H groups in total. The zero-order valence-corrected chi connectivity index (χ0v) is 16.3. The number of carbonyl (C=O) groups excluding carboxylic acids is 1. The number of unbranched alkanes of at least 4 members (excludes halogenated alkanes) is 1. The number of aryl methyl sites for hydroxylation is 2. The molecule has 0 spiro atoms. The monoisotopic (exact) mass is 357 g/mol. The Hall–Kier alpha value is -2.46. The van der Waals surface area contributed by atoms with Crippen molar-refractivity contribution < 1.29 is 14.7 Å². The van der Waals surface area contributed by atoms with Crippen molar-refractivity contribution in [2.45, 2.75) is 46.6 Å². The summed E-state index contributed by atoms with van der Waals surface area (Å²) in [4.78, 5) is 20.5. The van der Waals surface area contributed by atoms with Crippen LogP contribution in [0.4, 0.5) is 0 Å². The molecule has 4 nitrogen and oxygen atoms in total. The van der Waals surface area contributed by atoms with Gasteiger partial charge in [0.25, 0.3) is 0 Å². The molecule has 2 aromatic rings. The molecule has 4 heteroatoms. The number of carboxylic acid groups (broad SMARTS) is 1. The van der Waals surface area contributed by atoms with E-state index in [1.54, 1.807) is 24.3 Å². The third-order valence-electron chi connectivity index (χ3n) is 3.49. The van der Waals surface area contributed by atoms with Crippen molar-refractivity contribution in [3.05, 3.63) is 70.8 Å². The van der Waals surface area contributed by atoms with Crippen LogP contribution in [0.15, 0.2) is 48.5 Å². The second-order valence-electron chi connectivity index (χ2n) is 5.58. The van der Waals surface area contributed by atoms with E-state index in [-0.39, 0.29) is 0 Å². The maximum absolute atomic E-state index is 10.5. The lowest BCUT2D eigenvalue weighted by molar-refractivity contribution is -0.107. The highest BCUT2D eigenvalue weighted by atomic mass is 16.4. The van der Waals surface area contributed by atoms with E-state index in [1.165, 1.54) is 11.1 Å². The molecule has 0 saturated heterocycles. The predicted molar refractivity (Wildman–Crippen MR) is 108 cm³/mol. The average molecular weight is 357 g/mol. The molecule has 26 heavy (non-hydrogen) atoms. The van der Waals surface area contributed by atoms with Gasteiger partial charge in [-0.3, -0.25) is 0 Å². The van der Waals surface area contributed by atoms with Gasteiger partial charge in [0.2, 0.25) is 0 Å². The van der Waals surface area contributed by atoms with Crippen LogP contribution in [0.3, 0.4) is 0 Å². The molecule has 0 saturated carbocycles.